The van der Waals surface area contributed by atoms with Crippen LogP contribution in [0.25, 0.3) is 100 Å². The molecule has 7 aromatic carbocycles. The fourth-order valence-corrected chi connectivity index (χ4v) is 7.10. The molecule has 0 N–H and O–H groups in total. The van der Waals surface area contributed by atoms with E-state index in [0.29, 0.717) is 5.82 Å². The molecule has 0 radical (unpaired) electrons. The molecule has 50 heavy (non-hydrogen) atoms. The zero-order chi connectivity index (χ0) is 33.0. The van der Waals surface area contributed by atoms with Crippen molar-refractivity contribution in [2.75, 3.05) is 0 Å². The molecule has 4 heteroatoms. The van der Waals surface area contributed by atoms with Gasteiger partial charge >= 0.3 is 0 Å². The number of fused-ring (bicyclic) bond motifs is 6. The summed E-state index contributed by atoms with van der Waals surface area (Å²) in [7, 11) is 0. The molecule has 4 nitrogen and oxygen atoms in total. The molecule has 234 valence electrons. The van der Waals surface area contributed by atoms with Crippen LogP contribution in [0.4, 0.5) is 0 Å². The van der Waals surface area contributed by atoms with Crippen molar-refractivity contribution in [3.63, 3.8) is 0 Å². The first kappa shape index (κ1) is 28.3. The van der Waals surface area contributed by atoms with Gasteiger partial charge in [0, 0.05) is 38.2 Å². The molecule has 0 aliphatic carbocycles. The van der Waals surface area contributed by atoms with Crippen LogP contribution in [0.2, 0.25) is 0 Å². The number of furan rings is 2. The number of para-hydroxylation sites is 4. The zero-order valence-electron chi connectivity index (χ0n) is 26.9. The van der Waals surface area contributed by atoms with E-state index in [-0.39, 0.29) is 0 Å². The number of aromatic nitrogens is 2. The second-order valence-corrected chi connectivity index (χ2v) is 12.6. The molecule has 0 saturated carbocycles. The first-order valence-electron chi connectivity index (χ1n) is 16.7. The van der Waals surface area contributed by atoms with E-state index in [0.717, 1.165) is 94.2 Å². The van der Waals surface area contributed by atoms with Gasteiger partial charge in [-0.15, -0.1) is 0 Å². The molecule has 0 amide bonds. The van der Waals surface area contributed by atoms with Gasteiger partial charge in [0.05, 0.1) is 17.0 Å². The topological polar surface area (TPSA) is 52.1 Å². The van der Waals surface area contributed by atoms with Crippen LogP contribution in [0.15, 0.2) is 179 Å². The lowest BCUT2D eigenvalue weighted by atomic mass is 9.93. The van der Waals surface area contributed by atoms with Crippen LogP contribution >= 0.6 is 0 Å². The highest BCUT2D eigenvalue weighted by atomic mass is 16.3. The van der Waals surface area contributed by atoms with Gasteiger partial charge < -0.3 is 8.83 Å². The molecule has 3 heterocycles. The molecule has 10 aromatic rings. The molecule has 0 atom stereocenters. The molecular formula is C46H28N2O2. The summed E-state index contributed by atoms with van der Waals surface area (Å²) in [4.78, 5) is 10.5. The van der Waals surface area contributed by atoms with Crippen LogP contribution in [-0.2, 0) is 0 Å². The largest absolute Gasteiger partial charge is 0.455 e. The van der Waals surface area contributed by atoms with E-state index in [2.05, 4.69) is 109 Å². The van der Waals surface area contributed by atoms with E-state index in [1.54, 1.807) is 0 Å². The lowest BCUT2D eigenvalue weighted by molar-refractivity contribution is 0.669. The zero-order valence-corrected chi connectivity index (χ0v) is 26.9. The first-order valence-corrected chi connectivity index (χ1v) is 16.7. The first-order chi connectivity index (χ1) is 24.8. The normalized spacial score (nSPS) is 11.6. The average Bonchev–Trinajstić information content (AvgIpc) is 3.77. The summed E-state index contributed by atoms with van der Waals surface area (Å²) >= 11 is 0. The third-order valence-corrected chi connectivity index (χ3v) is 9.49. The van der Waals surface area contributed by atoms with E-state index in [4.69, 9.17) is 18.8 Å². The third kappa shape index (κ3) is 4.69. The molecule has 0 unspecified atom stereocenters. The molecule has 0 bridgehead atoms. The SMILES string of the molecule is c1ccc(-c2cc(-c3cc(-c4ccccc4)nc(-c4cccc5c4oc4ccccc45)n3)cc(-c3cccc4c3oc3ccccc34)c2)cc1. The van der Waals surface area contributed by atoms with E-state index in [9.17, 15) is 0 Å². The average molecular weight is 641 g/mol. The highest BCUT2D eigenvalue weighted by Gasteiger charge is 2.19. The minimum atomic E-state index is 0.608. The molecule has 0 saturated heterocycles. The standard InChI is InChI=1S/C46H28N2O2/c1-3-13-29(14-4-1)31-25-32(34-19-11-20-37-35-17-7-9-23-42(35)49-44(34)37)27-33(26-31)41-28-40(30-15-5-2-6-16-30)47-46(48-41)39-22-12-21-38-36-18-8-10-24-43(36)50-45(38)39/h1-28H. The number of hydrogen-bond donors (Lipinski definition) is 0. The molecule has 0 spiro atoms. The highest BCUT2D eigenvalue weighted by Crippen LogP contribution is 2.40. The van der Waals surface area contributed by atoms with Crippen LogP contribution in [0.3, 0.4) is 0 Å². The summed E-state index contributed by atoms with van der Waals surface area (Å²) in [5, 5.41) is 4.32. The summed E-state index contributed by atoms with van der Waals surface area (Å²) in [6.45, 7) is 0. The summed E-state index contributed by atoms with van der Waals surface area (Å²) in [5.41, 5.74) is 12.2. The Morgan fingerprint density at radius 1 is 0.320 bits per heavy atom. The van der Waals surface area contributed by atoms with Crippen LogP contribution in [0.5, 0.6) is 0 Å². The van der Waals surface area contributed by atoms with Crippen LogP contribution < -0.4 is 0 Å². The second-order valence-electron chi connectivity index (χ2n) is 12.6. The Morgan fingerprint density at radius 2 is 0.800 bits per heavy atom. The van der Waals surface area contributed by atoms with Crippen molar-refractivity contribution in [3.8, 4) is 56.2 Å². The maximum atomic E-state index is 6.51. The highest BCUT2D eigenvalue weighted by molar-refractivity contribution is 6.10. The van der Waals surface area contributed by atoms with Crippen molar-refractivity contribution in [1.29, 1.82) is 0 Å². The monoisotopic (exact) mass is 640 g/mol. The fourth-order valence-electron chi connectivity index (χ4n) is 7.10. The second kappa shape index (κ2) is 11.4. The number of nitrogens with zero attached hydrogens (tertiary/aromatic N) is 2. The smallest absolute Gasteiger partial charge is 0.164 e. The van der Waals surface area contributed by atoms with Gasteiger partial charge in [0.25, 0.3) is 0 Å². The van der Waals surface area contributed by atoms with Crippen molar-refractivity contribution in [2.45, 2.75) is 0 Å². The summed E-state index contributed by atoms with van der Waals surface area (Å²) < 4.78 is 13.0. The molecule has 0 aliphatic rings. The number of hydrogen-bond acceptors (Lipinski definition) is 4. The van der Waals surface area contributed by atoms with Crippen LogP contribution in [0.1, 0.15) is 0 Å². The van der Waals surface area contributed by atoms with Crippen molar-refractivity contribution in [3.05, 3.63) is 170 Å². The maximum Gasteiger partial charge on any atom is 0.164 e. The Balaban J connectivity index is 1.23. The molecule has 10 rings (SSSR count). The summed E-state index contributed by atoms with van der Waals surface area (Å²) in [6.07, 6.45) is 0. The van der Waals surface area contributed by atoms with Crippen molar-refractivity contribution < 1.29 is 8.83 Å². The van der Waals surface area contributed by atoms with E-state index < -0.39 is 0 Å². The molecule has 0 aliphatic heterocycles. The Hall–Kier alpha value is -6.78. The van der Waals surface area contributed by atoms with Gasteiger partial charge in [-0.25, -0.2) is 9.97 Å². The van der Waals surface area contributed by atoms with E-state index >= 15 is 0 Å². The lowest BCUT2D eigenvalue weighted by Gasteiger charge is -2.13. The van der Waals surface area contributed by atoms with Gasteiger partial charge in [0.2, 0.25) is 0 Å². The van der Waals surface area contributed by atoms with E-state index in [1.165, 1.54) is 0 Å². The molecular weight excluding hydrogens is 613 g/mol. The van der Waals surface area contributed by atoms with Gasteiger partial charge in [-0.2, -0.15) is 0 Å². The Kier molecular flexibility index (Phi) is 6.46. The van der Waals surface area contributed by atoms with Gasteiger partial charge in [-0.1, -0.05) is 127 Å². The maximum absolute atomic E-state index is 6.51. The Labute approximate surface area is 287 Å². The van der Waals surface area contributed by atoms with Crippen LogP contribution in [-0.4, -0.2) is 9.97 Å². The predicted octanol–water partition coefficient (Wildman–Crippen LogP) is 12.6. The molecule has 3 aromatic heterocycles. The Bertz CT molecular complexity index is 2670. The van der Waals surface area contributed by atoms with Gasteiger partial charge in [0.15, 0.2) is 5.82 Å². The van der Waals surface area contributed by atoms with Gasteiger partial charge in [-0.3, -0.25) is 0 Å². The summed E-state index contributed by atoms with van der Waals surface area (Å²) in [5.74, 6) is 0.608. The van der Waals surface area contributed by atoms with Gasteiger partial charge in [0.1, 0.15) is 22.3 Å². The van der Waals surface area contributed by atoms with Crippen molar-refractivity contribution in [2.24, 2.45) is 0 Å². The fraction of sp³-hybridized carbons (Fsp3) is 0. The van der Waals surface area contributed by atoms with Gasteiger partial charge in [-0.05, 0) is 59.2 Å². The number of rotatable bonds is 5. The molecule has 0 fully saturated rings. The minimum Gasteiger partial charge on any atom is -0.455 e. The summed E-state index contributed by atoms with van der Waals surface area (Å²) in [6, 6.07) is 58.5. The van der Waals surface area contributed by atoms with E-state index in [1.807, 2.05) is 60.7 Å². The third-order valence-electron chi connectivity index (χ3n) is 9.49. The van der Waals surface area contributed by atoms with Crippen molar-refractivity contribution >= 4 is 43.9 Å². The minimum absolute atomic E-state index is 0.608. The predicted molar refractivity (Wildman–Crippen MR) is 204 cm³/mol. The Morgan fingerprint density at radius 3 is 1.46 bits per heavy atom. The number of benzene rings is 7. The quantitative estimate of drug-likeness (QED) is 0.188. The lowest BCUT2D eigenvalue weighted by Crippen LogP contribution is -1.97. The van der Waals surface area contributed by atoms with Crippen LogP contribution in [0, 0.1) is 0 Å². The van der Waals surface area contributed by atoms with Crippen molar-refractivity contribution in [1.82, 2.24) is 9.97 Å².